The van der Waals surface area contributed by atoms with Gasteiger partial charge in [-0.2, -0.15) is 0 Å². The molecule has 2 aromatic heterocycles. The third-order valence-corrected chi connectivity index (χ3v) is 9.26. The number of hydrogen-bond donors (Lipinski definition) is 1. The number of anilines is 1. The summed E-state index contributed by atoms with van der Waals surface area (Å²) in [6.45, 7) is 0.0462. The molecule has 11 nitrogen and oxygen atoms in total. The van der Waals surface area contributed by atoms with E-state index in [1.807, 2.05) is 0 Å². The molecule has 2 heterocycles. The molecule has 0 aliphatic heterocycles. The summed E-state index contributed by atoms with van der Waals surface area (Å²) in [5.41, 5.74) is 2.14. The van der Waals surface area contributed by atoms with Gasteiger partial charge < -0.3 is 14.5 Å². The first-order chi connectivity index (χ1) is 22.9. The largest absolute Gasteiger partial charge is 0.455 e. The van der Waals surface area contributed by atoms with Gasteiger partial charge in [0.1, 0.15) is 34.5 Å². The Kier molecular flexibility index (Phi) is 8.54. The lowest BCUT2D eigenvalue weighted by Crippen LogP contribution is -2.31. The molecule has 1 amide bonds. The van der Waals surface area contributed by atoms with Gasteiger partial charge in [-0.3, -0.25) is 13.9 Å². The van der Waals surface area contributed by atoms with Crippen LogP contribution in [-0.4, -0.2) is 63.4 Å². The predicted molar refractivity (Wildman–Crippen MR) is 177 cm³/mol. The van der Waals surface area contributed by atoms with Crippen molar-refractivity contribution in [2.75, 3.05) is 38.4 Å². The van der Waals surface area contributed by atoms with Gasteiger partial charge in [-0.1, -0.05) is 23.4 Å². The molecule has 0 aliphatic carbocycles. The molecule has 6 aromatic rings. The summed E-state index contributed by atoms with van der Waals surface area (Å²) in [4.78, 5) is 27.2. The highest BCUT2D eigenvalue weighted by Crippen LogP contribution is 2.41. The maximum Gasteiger partial charge on any atom is 0.278 e. The van der Waals surface area contributed by atoms with Crippen LogP contribution in [0.5, 0.6) is 0 Å². The Morgan fingerprint density at radius 1 is 0.979 bits per heavy atom. The number of nitrogens with one attached hydrogen (secondary N) is 1. The molecular weight excluding hydrogens is 644 g/mol. The Morgan fingerprint density at radius 3 is 2.25 bits per heavy atom. The summed E-state index contributed by atoms with van der Waals surface area (Å²) in [6.07, 6.45) is 1.04. The fourth-order valence-corrected chi connectivity index (χ4v) is 6.04. The van der Waals surface area contributed by atoms with Gasteiger partial charge in [0.15, 0.2) is 0 Å². The smallest absolute Gasteiger partial charge is 0.278 e. The molecule has 48 heavy (non-hydrogen) atoms. The third kappa shape index (κ3) is 5.91. The number of halogens is 2. The zero-order valence-corrected chi connectivity index (χ0v) is 27.0. The van der Waals surface area contributed by atoms with Crippen LogP contribution in [0.25, 0.3) is 44.3 Å². The molecule has 1 N–H and O–H groups in total. The number of carbonyl (C=O) groups excluding carboxylic acids is 1. The molecule has 0 fully saturated rings. The van der Waals surface area contributed by atoms with Crippen LogP contribution < -0.4 is 15.2 Å². The topological polar surface area (TPSA) is 137 Å². The lowest BCUT2D eigenvalue weighted by Gasteiger charge is -2.21. The van der Waals surface area contributed by atoms with E-state index in [0.29, 0.717) is 27.6 Å². The first-order valence-electron chi connectivity index (χ1n) is 14.6. The molecule has 1 unspecified atom stereocenters. The van der Waals surface area contributed by atoms with E-state index in [2.05, 4.69) is 15.6 Å². The van der Waals surface area contributed by atoms with E-state index in [0.717, 1.165) is 15.2 Å². The number of aromatic nitrogens is 3. The fraction of sp³-hybridized carbons (Fsp3) is 0.176. The molecule has 0 bridgehead atoms. The zero-order chi connectivity index (χ0) is 34.3. The first-order valence-corrected chi connectivity index (χ1v) is 16.4. The van der Waals surface area contributed by atoms with Crippen LogP contribution in [0.4, 0.5) is 14.5 Å². The van der Waals surface area contributed by atoms with Gasteiger partial charge in [0.05, 0.1) is 29.5 Å². The highest BCUT2D eigenvalue weighted by Gasteiger charge is 2.26. The predicted octanol–water partition coefficient (Wildman–Crippen LogP) is 5.14. The second-order valence-corrected chi connectivity index (χ2v) is 13.1. The van der Waals surface area contributed by atoms with E-state index in [4.69, 9.17) is 9.15 Å². The number of hydrogen-bond acceptors (Lipinski definition) is 8. The number of methoxy groups -OCH3 is 1. The van der Waals surface area contributed by atoms with E-state index < -0.39 is 39.2 Å². The molecule has 0 saturated heterocycles. The van der Waals surface area contributed by atoms with Crippen molar-refractivity contribution in [1.82, 2.24) is 20.3 Å². The molecule has 4 aromatic carbocycles. The van der Waals surface area contributed by atoms with Crippen molar-refractivity contribution in [3.8, 4) is 22.5 Å². The van der Waals surface area contributed by atoms with Gasteiger partial charge in [-0.15, -0.1) is 5.10 Å². The Bertz CT molecular complexity index is 2360. The standard InChI is InChI=1S/C34H29F2N5O6S/c1-37-33(42)31-26-16-24(28(40(2)48(4,44)45)17-30(26)47-32(31)20-7-12-23(36)13-8-20)21-9-14-27-25(15-21)34(43)41(39-38-27)29(18-46-3)19-5-10-22(35)11-6-19/h5-17,29H,18H2,1-4H3,(H,37,42). The van der Waals surface area contributed by atoms with Gasteiger partial charge in [0.2, 0.25) is 10.0 Å². The van der Waals surface area contributed by atoms with Crippen molar-refractivity contribution in [2.45, 2.75) is 6.04 Å². The number of benzene rings is 4. The lowest BCUT2D eigenvalue weighted by molar-refractivity contribution is 0.0964. The lowest BCUT2D eigenvalue weighted by atomic mass is 9.97. The number of nitrogens with zero attached hydrogens (tertiary/aromatic N) is 4. The number of rotatable bonds is 9. The van der Waals surface area contributed by atoms with Crippen molar-refractivity contribution in [1.29, 1.82) is 0 Å². The minimum atomic E-state index is -3.80. The molecule has 14 heteroatoms. The van der Waals surface area contributed by atoms with E-state index in [1.165, 1.54) is 75.8 Å². The van der Waals surface area contributed by atoms with E-state index in [1.54, 1.807) is 24.3 Å². The summed E-state index contributed by atoms with van der Waals surface area (Å²) < 4.78 is 66.8. The average Bonchev–Trinajstić information content (AvgIpc) is 3.45. The molecule has 0 spiro atoms. The SMILES string of the molecule is CNC(=O)c1c(-c2ccc(F)cc2)oc2cc(N(C)S(C)(=O)=O)c(-c3ccc4nnn(C(COC)c5ccc(F)cc5)c(=O)c4c3)cc12. The number of sulfonamides is 1. The van der Waals surface area contributed by atoms with Crippen LogP contribution >= 0.6 is 0 Å². The van der Waals surface area contributed by atoms with Crippen LogP contribution in [0.15, 0.2) is 88.1 Å². The summed E-state index contributed by atoms with van der Waals surface area (Å²) in [5.74, 6) is -1.23. The van der Waals surface area contributed by atoms with Gasteiger partial charge in [-0.25, -0.2) is 21.9 Å². The van der Waals surface area contributed by atoms with Crippen molar-refractivity contribution in [3.05, 3.63) is 112 Å². The van der Waals surface area contributed by atoms with Crippen molar-refractivity contribution in [2.24, 2.45) is 0 Å². The summed E-state index contributed by atoms with van der Waals surface area (Å²) in [5, 5.41) is 11.5. The molecule has 0 radical (unpaired) electrons. The number of fused-ring (bicyclic) bond motifs is 2. The maximum absolute atomic E-state index is 14.0. The maximum atomic E-state index is 14.0. The number of ether oxygens (including phenoxy) is 1. The molecule has 1 atom stereocenters. The van der Waals surface area contributed by atoms with Crippen LogP contribution in [0.2, 0.25) is 0 Å². The fourth-order valence-electron chi connectivity index (χ4n) is 5.53. The highest BCUT2D eigenvalue weighted by molar-refractivity contribution is 7.92. The summed E-state index contributed by atoms with van der Waals surface area (Å²) >= 11 is 0. The van der Waals surface area contributed by atoms with E-state index in [9.17, 15) is 26.8 Å². The van der Waals surface area contributed by atoms with Gasteiger partial charge in [0.25, 0.3) is 11.5 Å². The monoisotopic (exact) mass is 673 g/mol. The number of amides is 1. The highest BCUT2D eigenvalue weighted by atomic mass is 32.2. The molecular formula is C34H29F2N5O6S. The Labute approximate surface area is 273 Å². The normalized spacial score (nSPS) is 12.4. The molecule has 246 valence electrons. The summed E-state index contributed by atoms with van der Waals surface area (Å²) in [7, 11) is 0.499. The van der Waals surface area contributed by atoms with Crippen LogP contribution in [0.1, 0.15) is 22.0 Å². The van der Waals surface area contributed by atoms with Gasteiger partial charge in [-0.05, 0) is 65.7 Å². The molecule has 0 saturated carbocycles. The van der Waals surface area contributed by atoms with Crippen molar-refractivity contribution >= 4 is 43.5 Å². The summed E-state index contributed by atoms with van der Waals surface area (Å²) in [6, 6.07) is 18.2. The number of furan rings is 1. The first kappa shape index (κ1) is 32.5. The second kappa shape index (κ2) is 12.6. The minimum Gasteiger partial charge on any atom is -0.455 e. The van der Waals surface area contributed by atoms with E-state index in [-0.39, 0.29) is 40.1 Å². The second-order valence-electron chi connectivity index (χ2n) is 11.1. The quantitative estimate of drug-likeness (QED) is 0.223. The van der Waals surface area contributed by atoms with Crippen molar-refractivity contribution in [3.63, 3.8) is 0 Å². The third-order valence-electron chi connectivity index (χ3n) is 8.07. The number of carbonyl (C=O) groups is 1. The molecule has 0 aliphatic rings. The van der Waals surface area contributed by atoms with Crippen LogP contribution in [0, 0.1) is 11.6 Å². The average molecular weight is 674 g/mol. The van der Waals surface area contributed by atoms with Crippen molar-refractivity contribution < 1.29 is 31.1 Å². The van der Waals surface area contributed by atoms with Gasteiger partial charge in [0, 0.05) is 43.8 Å². The van der Waals surface area contributed by atoms with Gasteiger partial charge >= 0.3 is 0 Å². The molecule has 6 rings (SSSR count). The Balaban J connectivity index is 1.60. The zero-order valence-electron chi connectivity index (χ0n) is 26.2. The Hall–Kier alpha value is -5.47. The Morgan fingerprint density at radius 2 is 1.62 bits per heavy atom. The van der Waals surface area contributed by atoms with Crippen LogP contribution in [0.3, 0.4) is 0 Å². The van der Waals surface area contributed by atoms with E-state index >= 15 is 0 Å². The minimum absolute atomic E-state index is 0.0462. The van der Waals surface area contributed by atoms with Crippen LogP contribution in [-0.2, 0) is 14.8 Å².